The number of aromatic nitrogens is 1. The highest BCUT2D eigenvalue weighted by atomic mass is 32.1. The Balaban J connectivity index is 1.38. The number of nitrogens with zero attached hydrogens (tertiary/aromatic N) is 2. The fourth-order valence-electron chi connectivity index (χ4n) is 3.61. The Morgan fingerprint density at radius 1 is 1.07 bits per heavy atom. The summed E-state index contributed by atoms with van der Waals surface area (Å²) >= 11 is 1.50. The summed E-state index contributed by atoms with van der Waals surface area (Å²) in [6.45, 7) is 5.26. The van der Waals surface area contributed by atoms with Gasteiger partial charge in [-0.25, -0.2) is 4.98 Å². The first-order valence-electron chi connectivity index (χ1n) is 10.1. The van der Waals surface area contributed by atoms with E-state index >= 15 is 0 Å². The Morgan fingerprint density at radius 3 is 2.52 bits per heavy atom. The largest absolute Gasteiger partial charge is 0.492 e. The van der Waals surface area contributed by atoms with Crippen molar-refractivity contribution in [1.29, 1.82) is 0 Å². The normalized spacial score (nSPS) is 15.9. The van der Waals surface area contributed by atoms with Crippen LogP contribution >= 0.6 is 11.3 Å². The minimum atomic E-state index is 0.192. The molecule has 1 fully saturated rings. The van der Waals surface area contributed by atoms with Crippen molar-refractivity contribution in [1.82, 2.24) is 9.88 Å². The molecule has 0 spiro atoms. The Labute approximate surface area is 176 Å². The van der Waals surface area contributed by atoms with Crippen molar-refractivity contribution in [2.24, 2.45) is 0 Å². The molecule has 1 saturated heterocycles. The quantitative estimate of drug-likeness (QED) is 0.613. The molecule has 3 aromatic rings. The standard InChI is InChI=1S/C23H27N3O2S/c24-23-25-22(17-29-23)21(19-4-2-1-3-5-19)16-18-6-8-20(9-7-18)28-15-12-26-10-13-27-14-11-26/h1-9,17,21H,10-16H2,(H2,24,25). The van der Waals surface area contributed by atoms with Gasteiger partial charge in [-0.1, -0.05) is 42.5 Å². The van der Waals surface area contributed by atoms with Crippen LogP contribution in [-0.2, 0) is 11.2 Å². The van der Waals surface area contributed by atoms with Crippen molar-refractivity contribution < 1.29 is 9.47 Å². The number of thiazole rings is 1. The van der Waals surface area contributed by atoms with Crippen molar-refractivity contribution in [2.75, 3.05) is 45.2 Å². The first-order valence-corrected chi connectivity index (χ1v) is 10.9. The summed E-state index contributed by atoms with van der Waals surface area (Å²) in [7, 11) is 0. The second-order valence-electron chi connectivity index (χ2n) is 7.22. The monoisotopic (exact) mass is 409 g/mol. The Kier molecular flexibility index (Phi) is 6.77. The summed E-state index contributed by atoms with van der Waals surface area (Å²) < 4.78 is 11.3. The Bertz CT molecular complexity index is 877. The zero-order valence-corrected chi connectivity index (χ0v) is 17.3. The number of morpholine rings is 1. The lowest BCUT2D eigenvalue weighted by atomic mass is 9.90. The summed E-state index contributed by atoms with van der Waals surface area (Å²) in [6, 6.07) is 18.9. The lowest BCUT2D eigenvalue weighted by Gasteiger charge is -2.26. The lowest BCUT2D eigenvalue weighted by molar-refractivity contribution is 0.0322. The van der Waals surface area contributed by atoms with Crippen LogP contribution in [0.2, 0.25) is 0 Å². The third-order valence-electron chi connectivity index (χ3n) is 5.24. The van der Waals surface area contributed by atoms with Gasteiger partial charge in [-0.05, 0) is 29.7 Å². The van der Waals surface area contributed by atoms with E-state index in [1.165, 1.54) is 22.5 Å². The lowest BCUT2D eigenvalue weighted by Crippen LogP contribution is -2.38. The zero-order valence-electron chi connectivity index (χ0n) is 16.5. The van der Waals surface area contributed by atoms with Gasteiger partial charge < -0.3 is 15.2 Å². The maximum atomic E-state index is 5.93. The predicted octanol–water partition coefficient (Wildman–Crippen LogP) is 3.81. The van der Waals surface area contributed by atoms with Crippen LogP contribution in [0.5, 0.6) is 5.75 Å². The molecule has 1 unspecified atom stereocenters. The van der Waals surface area contributed by atoms with Crippen molar-refractivity contribution in [3.63, 3.8) is 0 Å². The number of anilines is 1. The van der Waals surface area contributed by atoms with Crippen LogP contribution in [0.1, 0.15) is 22.7 Å². The van der Waals surface area contributed by atoms with E-state index in [9.17, 15) is 0 Å². The highest BCUT2D eigenvalue weighted by molar-refractivity contribution is 7.13. The molecule has 1 aromatic heterocycles. The molecular formula is C23H27N3O2S. The van der Waals surface area contributed by atoms with Crippen LogP contribution < -0.4 is 10.5 Å². The van der Waals surface area contributed by atoms with Crippen LogP contribution in [0.25, 0.3) is 0 Å². The molecule has 2 aromatic carbocycles. The molecule has 0 bridgehead atoms. The van der Waals surface area contributed by atoms with Crippen molar-refractivity contribution >= 4 is 16.5 Å². The van der Waals surface area contributed by atoms with E-state index in [1.54, 1.807) is 0 Å². The van der Waals surface area contributed by atoms with Crippen LogP contribution in [-0.4, -0.2) is 49.3 Å². The molecule has 0 amide bonds. The van der Waals surface area contributed by atoms with Gasteiger partial charge in [0.05, 0.1) is 18.9 Å². The maximum absolute atomic E-state index is 5.93. The van der Waals surface area contributed by atoms with Gasteiger partial charge in [0.1, 0.15) is 12.4 Å². The summed E-state index contributed by atoms with van der Waals surface area (Å²) in [5, 5.41) is 2.68. The smallest absolute Gasteiger partial charge is 0.180 e. The van der Waals surface area contributed by atoms with Gasteiger partial charge in [0.25, 0.3) is 0 Å². The second-order valence-corrected chi connectivity index (χ2v) is 8.11. The van der Waals surface area contributed by atoms with Crippen LogP contribution in [0, 0.1) is 0 Å². The molecule has 0 radical (unpaired) electrons. The van der Waals surface area contributed by atoms with Crippen LogP contribution in [0.15, 0.2) is 60.0 Å². The van der Waals surface area contributed by atoms with E-state index < -0.39 is 0 Å². The average molecular weight is 410 g/mol. The molecule has 152 valence electrons. The predicted molar refractivity (Wildman–Crippen MR) is 118 cm³/mol. The second kappa shape index (κ2) is 9.87. The number of rotatable bonds is 8. The third-order valence-corrected chi connectivity index (χ3v) is 5.93. The molecule has 0 aliphatic carbocycles. The van der Waals surface area contributed by atoms with E-state index in [1.807, 2.05) is 6.07 Å². The average Bonchev–Trinajstić information content (AvgIpc) is 3.20. The van der Waals surface area contributed by atoms with Gasteiger partial charge in [0.15, 0.2) is 5.13 Å². The number of hydrogen-bond acceptors (Lipinski definition) is 6. The number of nitrogen functional groups attached to an aromatic ring is 1. The molecular weight excluding hydrogens is 382 g/mol. The molecule has 1 aliphatic rings. The molecule has 1 atom stereocenters. The zero-order chi connectivity index (χ0) is 19.9. The minimum Gasteiger partial charge on any atom is -0.492 e. The Morgan fingerprint density at radius 2 is 1.83 bits per heavy atom. The summed E-state index contributed by atoms with van der Waals surface area (Å²) in [5.74, 6) is 1.11. The van der Waals surface area contributed by atoms with Crippen molar-refractivity contribution in [2.45, 2.75) is 12.3 Å². The molecule has 2 heterocycles. The first kappa shape index (κ1) is 19.9. The summed E-state index contributed by atoms with van der Waals surface area (Å²) in [4.78, 5) is 6.92. The van der Waals surface area contributed by atoms with E-state index in [4.69, 9.17) is 15.2 Å². The van der Waals surface area contributed by atoms with Gasteiger partial charge >= 0.3 is 0 Å². The molecule has 0 saturated carbocycles. The van der Waals surface area contributed by atoms with Gasteiger partial charge in [0, 0.05) is 30.9 Å². The molecule has 2 N–H and O–H groups in total. The number of nitrogens with two attached hydrogens (primary N) is 1. The molecule has 4 rings (SSSR count). The van der Waals surface area contributed by atoms with Gasteiger partial charge in [-0.3, -0.25) is 4.90 Å². The topological polar surface area (TPSA) is 60.6 Å². The SMILES string of the molecule is Nc1nc(C(Cc2ccc(OCCN3CCOCC3)cc2)c2ccccc2)cs1. The Hall–Kier alpha value is -2.41. The highest BCUT2D eigenvalue weighted by Gasteiger charge is 2.18. The van der Waals surface area contributed by atoms with Crippen LogP contribution in [0.3, 0.4) is 0 Å². The first-order chi connectivity index (χ1) is 14.3. The van der Waals surface area contributed by atoms with E-state index in [0.717, 1.165) is 50.7 Å². The van der Waals surface area contributed by atoms with E-state index in [0.29, 0.717) is 11.7 Å². The molecule has 5 nitrogen and oxygen atoms in total. The van der Waals surface area contributed by atoms with Gasteiger partial charge in [-0.2, -0.15) is 0 Å². The van der Waals surface area contributed by atoms with E-state index in [2.05, 4.69) is 63.8 Å². The van der Waals surface area contributed by atoms with Gasteiger partial charge in [0.2, 0.25) is 0 Å². The number of benzene rings is 2. The van der Waals surface area contributed by atoms with Crippen molar-refractivity contribution in [3.05, 3.63) is 76.8 Å². The number of ether oxygens (including phenoxy) is 2. The fourth-order valence-corrected chi connectivity index (χ4v) is 4.23. The number of hydrogen-bond donors (Lipinski definition) is 1. The summed E-state index contributed by atoms with van der Waals surface area (Å²) in [5.41, 5.74) is 9.43. The fraction of sp³-hybridized carbons (Fsp3) is 0.348. The van der Waals surface area contributed by atoms with E-state index in [-0.39, 0.29) is 5.92 Å². The summed E-state index contributed by atoms with van der Waals surface area (Å²) in [6.07, 6.45) is 0.876. The highest BCUT2D eigenvalue weighted by Crippen LogP contribution is 2.30. The maximum Gasteiger partial charge on any atom is 0.180 e. The minimum absolute atomic E-state index is 0.192. The van der Waals surface area contributed by atoms with Crippen LogP contribution in [0.4, 0.5) is 5.13 Å². The molecule has 29 heavy (non-hydrogen) atoms. The van der Waals surface area contributed by atoms with Crippen molar-refractivity contribution in [3.8, 4) is 5.75 Å². The third kappa shape index (κ3) is 5.56. The molecule has 6 heteroatoms. The van der Waals surface area contributed by atoms with Gasteiger partial charge in [-0.15, -0.1) is 11.3 Å². The molecule has 1 aliphatic heterocycles.